The molecule has 0 radical (unpaired) electrons. The minimum absolute atomic E-state index is 0.528. The summed E-state index contributed by atoms with van der Waals surface area (Å²) in [5.74, 6) is 0.528. The first-order valence-corrected chi connectivity index (χ1v) is 7.22. The van der Waals surface area contributed by atoms with Crippen molar-refractivity contribution in [3.63, 3.8) is 0 Å². The molecular weight excluding hydrogens is 302 g/mol. The Morgan fingerprint density at radius 2 is 2.12 bits per heavy atom. The van der Waals surface area contributed by atoms with Gasteiger partial charge in [-0.3, -0.25) is 0 Å². The molecule has 0 aliphatic carbocycles. The maximum absolute atomic E-state index is 5.99. The highest BCUT2D eigenvalue weighted by Crippen LogP contribution is 2.25. The lowest BCUT2D eigenvalue weighted by atomic mass is 10.2. The molecule has 0 aliphatic rings. The van der Waals surface area contributed by atoms with Crippen molar-refractivity contribution in [2.24, 2.45) is 0 Å². The third kappa shape index (κ3) is 4.49. The number of hydrogen-bond donors (Lipinski definition) is 0. The van der Waals surface area contributed by atoms with Gasteiger partial charge in [0.25, 0.3) is 0 Å². The number of likely N-dealkylation sites (N-methyl/N-ethyl adjacent to an activating group) is 1. The van der Waals surface area contributed by atoms with Crippen LogP contribution in [-0.4, -0.2) is 26.3 Å². The molecule has 1 aromatic carbocycles. The largest absolute Gasteiger partial charge is 0.380 e. The second kappa shape index (κ2) is 7.96. The van der Waals surface area contributed by atoms with Gasteiger partial charge < -0.3 is 9.64 Å². The summed E-state index contributed by atoms with van der Waals surface area (Å²) in [7, 11) is 0. The summed E-state index contributed by atoms with van der Waals surface area (Å²) in [6, 6.07) is 6.23. The van der Waals surface area contributed by atoms with Crippen molar-refractivity contribution in [3.8, 4) is 0 Å². The van der Waals surface area contributed by atoms with Crippen LogP contribution < -0.4 is 4.90 Å². The van der Waals surface area contributed by atoms with Crippen molar-refractivity contribution in [1.82, 2.24) is 0 Å². The molecule has 4 heteroatoms. The predicted molar refractivity (Wildman–Crippen MR) is 78.1 cm³/mol. The maximum atomic E-state index is 5.99. The van der Waals surface area contributed by atoms with E-state index in [1.807, 2.05) is 6.92 Å². The van der Waals surface area contributed by atoms with Crippen molar-refractivity contribution < 1.29 is 4.74 Å². The number of rotatable bonds is 7. The first-order valence-electron chi connectivity index (χ1n) is 5.90. The summed E-state index contributed by atoms with van der Waals surface area (Å²) in [6.45, 7) is 7.53. The molecule has 0 saturated carbocycles. The molecule has 1 rings (SSSR count). The number of alkyl halides is 1. The fourth-order valence-corrected chi connectivity index (χ4v) is 2.36. The Morgan fingerprint density at radius 3 is 2.71 bits per heavy atom. The van der Waals surface area contributed by atoms with Gasteiger partial charge in [-0.25, -0.2) is 0 Å². The van der Waals surface area contributed by atoms with Crippen LogP contribution in [0.25, 0.3) is 0 Å². The van der Waals surface area contributed by atoms with Crippen LogP contribution >= 0.6 is 27.5 Å². The lowest BCUT2D eigenvalue weighted by Gasteiger charge is -2.25. The van der Waals surface area contributed by atoms with Crippen LogP contribution in [0.2, 0.25) is 0 Å². The van der Waals surface area contributed by atoms with Gasteiger partial charge in [-0.05, 0) is 37.6 Å². The van der Waals surface area contributed by atoms with Gasteiger partial charge >= 0.3 is 0 Å². The molecular formula is C13H19BrClNO. The van der Waals surface area contributed by atoms with Crippen LogP contribution in [0.1, 0.15) is 19.4 Å². The number of halogens is 2. The number of hydrogen-bond acceptors (Lipinski definition) is 2. The summed E-state index contributed by atoms with van der Waals surface area (Å²) in [5, 5.41) is 0. The number of anilines is 1. The first-order chi connectivity index (χ1) is 8.22. The molecule has 0 amide bonds. The topological polar surface area (TPSA) is 12.5 Å². The zero-order valence-electron chi connectivity index (χ0n) is 10.4. The Labute approximate surface area is 117 Å². The van der Waals surface area contributed by atoms with E-state index in [1.165, 1.54) is 5.69 Å². The van der Waals surface area contributed by atoms with Crippen LogP contribution in [0, 0.1) is 0 Å². The lowest BCUT2D eigenvalue weighted by molar-refractivity contribution is 0.154. The smallest absolute Gasteiger partial charge is 0.0641 e. The Hall–Kier alpha value is -0.250. The van der Waals surface area contributed by atoms with Crippen LogP contribution in [-0.2, 0) is 10.6 Å². The summed E-state index contributed by atoms with van der Waals surface area (Å²) in [6.07, 6.45) is 0. The molecule has 0 fully saturated rings. The van der Waals surface area contributed by atoms with Gasteiger partial charge in [0.05, 0.1) is 6.61 Å². The molecule has 1 aromatic rings. The lowest BCUT2D eigenvalue weighted by Crippen LogP contribution is -2.28. The van der Waals surface area contributed by atoms with Crippen LogP contribution in [0.4, 0.5) is 5.69 Å². The predicted octanol–water partition coefficient (Wildman–Crippen LogP) is 4.05. The molecule has 96 valence electrons. The fraction of sp³-hybridized carbons (Fsp3) is 0.538. The Kier molecular flexibility index (Phi) is 6.93. The molecule has 0 heterocycles. The third-order valence-electron chi connectivity index (χ3n) is 2.62. The van der Waals surface area contributed by atoms with Gasteiger partial charge in [-0.1, -0.05) is 15.9 Å². The van der Waals surface area contributed by atoms with E-state index in [4.69, 9.17) is 16.3 Å². The van der Waals surface area contributed by atoms with Crippen LogP contribution in [0.15, 0.2) is 22.7 Å². The van der Waals surface area contributed by atoms with E-state index in [1.54, 1.807) is 0 Å². The quantitative estimate of drug-likeness (QED) is 0.555. The molecule has 0 N–H and O–H groups in total. The van der Waals surface area contributed by atoms with E-state index < -0.39 is 0 Å². The first kappa shape index (κ1) is 14.8. The van der Waals surface area contributed by atoms with Crippen molar-refractivity contribution in [2.75, 3.05) is 31.2 Å². The molecule has 0 saturated heterocycles. The van der Waals surface area contributed by atoms with Crippen LogP contribution in [0.3, 0.4) is 0 Å². The second-order valence-electron chi connectivity index (χ2n) is 3.68. The number of ether oxygens (including phenoxy) is 1. The van der Waals surface area contributed by atoms with Gasteiger partial charge in [0, 0.05) is 35.7 Å². The van der Waals surface area contributed by atoms with Gasteiger partial charge in [-0.2, -0.15) is 0 Å². The highest BCUT2D eigenvalue weighted by atomic mass is 79.9. The second-order valence-corrected chi connectivity index (χ2v) is 4.87. The summed E-state index contributed by atoms with van der Waals surface area (Å²) in [5.41, 5.74) is 2.35. The molecule has 0 atom stereocenters. The van der Waals surface area contributed by atoms with E-state index in [-0.39, 0.29) is 0 Å². The molecule has 0 unspecified atom stereocenters. The highest BCUT2D eigenvalue weighted by Gasteiger charge is 2.09. The van der Waals surface area contributed by atoms with Crippen molar-refractivity contribution in [3.05, 3.63) is 28.2 Å². The molecule has 2 nitrogen and oxygen atoms in total. The maximum Gasteiger partial charge on any atom is 0.0641 e. The minimum Gasteiger partial charge on any atom is -0.380 e. The average molecular weight is 321 g/mol. The minimum atomic E-state index is 0.528. The van der Waals surface area contributed by atoms with Crippen molar-refractivity contribution in [2.45, 2.75) is 19.7 Å². The van der Waals surface area contributed by atoms with Gasteiger partial charge in [0.2, 0.25) is 0 Å². The zero-order valence-corrected chi connectivity index (χ0v) is 12.7. The monoisotopic (exact) mass is 319 g/mol. The number of benzene rings is 1. The Morgan fingerprint density at radius 1 is 1.35 bits per heavy atom. The summed E-state index contributed by atoms with van der Waals surface area (Å²) < 4.78 is 6.47. The van der Waals surface area contributed by atoms with Gasteiger partial charge in [-0.15, -0.1) is 11.6 Å². The van der Waals surface area contributed by atoms with E-state index in [9.17, 15) is 0 Å². The van der Waals surface area contributed by atoms with E-state index in [2.05, 4.69) is 46.0 Å². The Balaban J connectivity index is 2.79. The van der Waals surface area contributed by atoms with Gasteiger partial charge in [0.1, 0.15) is 0 Å². The van der Waals surface area contributed by atoms with E-state index in [0.29, 0.717) is 5.88 Å². The average Bonchev–Trinajstić information content (AvgIpc) is 2.35. The van der Waals surface area contributed by atoms with Crippen molar-refractivity contribution >= 4 is 33.2 Å². The zero-order chi connectivity index (χ0) is 12.7. The SMILES string of the molecule is CCOCCN(CC)c1ccc(Br)cc1CCl. The molecule has 17 heavy (non-hydrogen) atoms. The molecule has 0 bridgehead atoms. The van der Waals surface area contributed by atoms with Crippen LogP contribution in [0.5, 0.6) is 0 Å². The molecule has 0 aromatic heterocycles. The normalized spacial score (nSPS) is 10.6. The van der Waals surface area contributed by atoms with Crippen molar-refractivity contribution in [1.29, 1.82) is 0 Å². The highest BCUT2D eigenvalue weighted by molar-refractivity contribution is 9.10. The number of nitrogens with zero attached hydrogens (tertiary/aromatic N) is 1. The molecule has 0 aliphatic heterocycles. The van der Waals surface area contributed by atoms with E-state index >= 15 is 0 Å². The molecule has 0 spiro atoms. The Bertz CT molecular complexity index is 346. The summed E-state index contributed by atoms with van der Waals surface area (Å²) >= 11 is 9.46. The third-order valence-corrected chi connectivity index (χ3v) is 3.40. The van der Waals surface area contributed by atoms with E-state index in [0.717, 1.165) is 36.3 Å². The van der Waals surface area contributed by atoms with Gasteiger partial charge in [0.15, 0.2) is 0 Å². The standard InChI is InChI=1S/C13H19BrClNO/c1-3-16(7-8-17-4-2)13-6-5-12(14)9-11(13)10-15/h5-6,9H,3-4,7-8,10H2,1-2H3. The fourth-order valence-electron chi connectivity index (χ4n) is 1.74. The summed E-state index contributed by atoms with van der Waals surface area (Å²) in [4.78, 5) is 2.29.